The van der Waals surface area contributed by atoms with E-state index in [-0.39, 0.29) is 11.1 Å². The number of rotatable bonds is 6. The van der Waals surface area contributed by atoms with Gasteiger partial charge in [-0.05, 0) is 51.1 Å². The van der Waals surface area contributed by atoms with E-state index in [1.165, 1.54) is 37.3 Å². The molecule has 0 saturated heterocycles. The van der Waals surface area contributed by atoms with Crippen LogP contribution in [-0.4, -0.2) is 28.9 Å². The van der Waals surface area contributed by atoms with E-state index in [1.807, 2.05) is 0 Å². The highest BCUT2D eigenvalue weighted by molar-refractivity contribution is 6.00. The number of amides is 2. The molecule has 27 heavy (non-hydrogen) atoms. The van der Waals surface area contributed by atoms with Crippen molar-refractivity contribution in [2.24, 2.45) is 0 Å². The maximum absolute atomic E-state index is 14.0. The molecule has 1 unspecified atom stereocenters. The van der Waals surface area contributed by atoms with Gasteiger partial charge >= 0.3 is 5.97 Å². The summed E-state index contributed by atoms with van der Waals surface area (Å²) >= 11 is 0. The molecule has 0 bridgehead atoms. The van der Waals surface area contributed by atoms with Gasteiger partial charge in [-0.15, -0.1) is 0 Å². The summed E-state index contributed by atoms with van der Waals surface area (Å²) in [4.78, 5) is 35.4. The van der Waals surface area contributed by atoms with Crippen molar-refractivity contribution in [2.45, 2.75) is 32.2 Å². The molecule has 2 aromatic carbocycles. The Morgan fingerprint density at radius 2 is 1.63 bits per heavy atom. The number of hydrogen-bond donors (Lipinski definition) is 3. The molecule has 2 amide bonds. The van der Waals surface area contributed by atoms with Crippen molar-refractivity contribution in [2.75, 3.05) is 5.32 Å². The molecule has 0 fully saturated rings. The minimum atomic E-state index is -1.14. The van der Waals surface area contributed by atoms with Crippen LogP contribution in [0.2, 0.25) is 0 Å². The summed E-state index contributed by atoms with van der Waals surface area (Å²) in [5, 5.41) is 13.9. The fraction of sp³-hybridized carbons (Fsp3) is 0.250. The highest BCUT2D eigenvalue weighted by atomic mass is 19.1. The van der Waals surface area contributed by atoms with E-state index in [0.717, 1.165) is 0 Å². The Morgan fingerprint density at radius 3 is 2.19 bits per heavy atom. The SMILES string of the molecule is CC(NC(=O)c1ccc(NC(=O)C(C)(C)c2ccccc2F)cc1)C(=O)O. The van der Waals surface area contributed by atoms with Gasteiger partial charge in [-0.1, -0.05) is 18.2 Å². The van der Waals surface area contributed by atoms with Gasteiger partial charge in [-0.3, -0.25) is 14.4 Å². The van der Waals surface area contributed by atoms with Crippen molar-refractivity contribution in [1.29, 1.82) is 0 Å². The average Bonchev–Trinajstić information content (AvgIpc) is 2.62. The van der Waals surface area contributed by atoms with E-state index >= 15 is 0 Å². The molecule has 0 aliphatic rings. The normalized spacial score (nSPS) is 12.1. The monoisotopic (exact) mass is 372 g/mol. The Labute approximate surface area is 156 Å². The predicted octanol–water partition coefficient (Wildman–Crippen LogP) is 2.94. The number of carbonyl (C=O) groups is 3. The maximum atomic E-state index is 14.0. The summed E-state index contributed by atoms with van der Waals surface area (Å²) in [5.41, 5.74) is -0.124. The van der Waals surface area contributed by atoms with Gasteiger partial charge in [0.1, 0.15) is 11.9 Å². The average molecular weight is 372 g/mol. The Hall–Kier alpha value is -3.22. The Balaban J connectivity index is 2.10. The molecule has 0 aliphatic heterocycles. The van der Waals surface area contributed by atoms with E-state index in [4.69, 9.17) is 5.11 Å². The van der Waals surface area contributed by atoms with E-state index in [2.05, 4.69) is 10.6 Å². The van der Waals surface area contributed by atoms with E-state index in [0.29, 0.717) is 5.69 Å². The van der Waals surface area contributed by atoms with Crippen molar-refractivity contribution in [3.63, 3.8) is 0 Å². The molecule has 0 aromatic heterocycles. The number of benzene rings is 2. The van der Waals surface area contributed by atoms with Gasteiger partial charge in [0.05, 0.1) is 5.41 Å². The number of hydrogen-bond acceptors (Lipinski definition) is 3. The van der Waals surface area contributed by atoms with Crippen LogP contribution >= 0.6 is 0 Å². The number of carboxylic acids is 1. The Morgan fingerprint density at radius 1 is 1.04 bits per heavy atom. The minimum Gasteiger partial charge on any atom is -0.480 e. The Bertz CT molecular complexity index is 863. The van der Waals surface area contributed by atoms with Gasteiger partial charge in [0.25, 0.3) is 5.91 Å². The molecule has 2 aromatic rings. The van der Waals surface area contributed by atoms with Crippen molar-refractivity contribution < 1.29 is 23.9 Å². The zero-order valence-corrected chi connectivity index (χ0v) is 15.2. The van der Waals surface area contributed by atoms with Gasteiger partial charge in [-0.25, -0.2) is 4.39 Å². The number of nitrogens with one attached hydrogen (secondary N) is 2. The van der Waals surface area contributed by atoms with Gasteiger partial charge in [0.2, 0.25) is 5.91 Å². The van der Waals surface area contributed by atoms with Crippen LogP contribution in [0.1, 0.15) is 36.7 Å². The summed E-state index contributed by atoms with van der Waals surface area (Å²) in [6.07, 6.45) is 0. The van der Waals surface area contributed by atoms with Crippen LogP contribution in [0.25, 0.3) is 0 Å². The van der Waals surface area contributed by atoms with Crippen LogP contribution in [0, 0.1) is 5.82 Å². The minimum absolute atomic E-state index is 0.259. The highest BCUT2D eigenvalue weighted by Crippen LogP contribution is 2.27. The third kappa shape index (κ3) is 4.69. The van der Waals surface area contributed by atoms with Gasteiger partial charge in [-0.2, -0.15) is 0 Å². The molecule has 0 heterocycles. The lowest BCUT2D eigenvalue weighted by molar-refractivity contribution is -0.138. The van der Waals surface area contributed by atoms with E-state index in [9.17, 15) is 18.8 Å². The number of halogens is 1. The first-order valence-electron chi connectivity index (χ1n) is 8.33. The predicted molar refractivity (Wildman–Crippen MR) is 99.1 cm³/mol. The maximum Gasteiger partial charge on any atom is 0.325 e. The molecule has 0 spiro atoms. The smallest absolute Gasteiger partial charge is 0.325 e. The highest BCUT2D eigenvalue weighted by Gasteiger charge is 2.32. The number of aliphatic carboxylic acids is 1. The van der Waals surface area contributed by atoms with Crippen LogP contribution < -0.4 is 10.6 Å². The molecular formula is C20H21FN2O4. The summed E-state index contributed by atoms with van der Waals surface area (Å²) in [5.74, 6) is -2.53. The van der Waals surface area contributed by atoms with E-state index in [1.54, 1.807) is 32.0 Å². The number of anilines is 1. The molecule has 142 valence electrons. The van der Waals surface area contributed by atoms with Crippen molar-refractivity contribution in [3.05, 3.63) is 65.5 Å². The zero-order valence-electron chi connectivity index (χ0n) is 15.2. The largest absolute Gasteiger partial charge is 0.480 e. The van der Waals surface area contributed by atoms with Crippen molar-refractivity contribution in [3.8, 4) is 0 Å². The summed E-state index contributed by atoms with van der Waals surface area (Å²) in [6, 6.07) is 11.1. The lowest BCUT2D eigenvalue weighted by Gasteiger charge is -2.24. The Kier molecular flexibility index (Phi) is 5.95. The molecule has 0 saturated carbocycles. The van der Waals surface area contributed by atoms with Crippen LogP contribution in [0.5, 0.6) is 0 Å². The summed E-state index contributed by atoms with van der Waals surface area (Å²) in [7, 11) is 0. The molecule has 7 heteroatoms. The fourth-order valence-corrected chi connectivity index (χ4v) is 2.42. The topological polar surface area (TPSA) is 95.5 Å². The quantitative estimate of drug-likeness (QED) is 0.726. The molecule has 2 rings (SSSR count). The molecule has 6 nitrogen and oxygen atoms in total. The van der Waals surface area contributed by atoms with E-state index < -0.39 is 35.1 Å². The molecule has 3 N–H and O–H groups in total. The van der Waals surface area contributed by atoms with Crippen LogP contribution in [0.4, 0.5) is 10.1 Å². The zero-order chi connectivity index (χ0) is 20.2. The third-order valence-electron chi connectivity index (χ3n) is 4.24. The first kappa shape index (κ1) is 20.1. The fourth-order valence-electron chi connectivity index (χ4n) is 2.42. The second-order valence-electron chi connectivity index (χ2n) is 6.67. The lowest BCUT2D eigenvalue weighted by atomic mass is 9.83. The molecule has 0 aliphatic carbocycles. The van der Waals surface area contributed by atoms with Crippen molar-refractivity contribution in [1.82, 2.24) is 5.32 Å². The lowest BCUT2D eigenvalue weighted by Crippen LogP contribution is -2.38. The molecule has 0 radical (unpaired) electrons. The first-order valence-corrected chi connectivity index (χ1v) is 8.33. The summed E-state index contributed by atoms with van der Waals surface area (Å²) in [6.45, 7) is 4.60. The molecule has 1 atom stereocenters. The number of carboxylic acid groups (broad SMARTS) is 1. The standard InChI is InChI=1S/C20H21FN2O4/c1-12(18(25)26)22-17(24)13-8-10-14(11-9-13)23-19(27)20(2,3)15-6-4-5-7-16(15)21/h4-12H,1-3H3,(H,22,24)(H,23,27)(H,25,26). The van der Waals surface area contributed by atoms with Gasteiger partial charge < -0.3 is 15.7 Å². The van der Waals surface area contributed by atoms with Gasteiger partial charge in [0, 0.05) is 16.8 Å². The second kappa shape index (κ2) is 7.99. The van der Waals surface area contributed by atoms with Gasteiger partial charge in [0.15, 0.2) is 0 Å². The second-order valence-corrected chi connectivity index (χ2v) is 6.67. The first-order chi connectivity index (χ1) is 12.6. The number of carbonyl (C=O) groups excluding carboxylic acids is 2. The van der Waals surface area contributed by atoms with Crippen molar-refractivity contribution >= 4 is 23.5 Å². The van der Waals surface area contributed by atoms with Crippen LogP contribution in [0.15, 0.2) is 48.5 Å². The van der Waals surface area contributed by atoms with Crippen LogP contribution in [-0.2, 0) is 15.0 Å². The molecular weight excluding hydrogens is 351 g/mol. The third-order valence-corrected chi connectivity index (χ3v) is 4.24. The van der Waals surface area contributed by atoms with Crippen LogP contribution in [0.3, 0.4) is 0 Å². The summed E-state index contributed by atoms with van der Waals surface area (Å²) < 4.78 is 14.0.